The van der Waals surface area contributed by atoms with Crippen molar-refractivity contribution in [3.8, 4) is 28.5 Å². The summed E-state index contributed by atoms with van der Waals surface area (Å²) < 4.78 is 13.5. The van der Waals surface area contributed by atoms with Crippen molar-refractivity contribution in [3.05, 3.63) is 59.3 Å². The molecular formula is C23H20ClFN6O. The van der Waals surface area contributed by atoms with Crippen LogP contribution in [-0.2, 0) is 0 Å². The van der Waals surface area contributed by atoms with Crippen LogP contribution in [0.25, 0.3) is 22.4 Å². The van der Waals surface area contributed by atoms with Gasteiger partial charge in [0.05, 0.1) is 11.8 Å². The predicted molar refractivity (Wildman–Crippen MR) is 119 cm³/mol. The second-order valence-electron chi connectivity index (χ2n) is 7.60. The van der Waals surface area contributed by atoms with E-state index in [0.717, 1.165) is 11.3 Å². The molecule has 1 N–H and O–H groups in total. The van der Waals surface area contributed by atoms with Crippen LogP contribution >= 0.6 is 11.6 Å². The van der Waals surface area contributed by atoms with Crippen LogP contribution < -0.4 is 5.32 Å². The maximum Gasteiger partial charge on any atom is 0.324 e. The minimum Gasteiger partial charge on any atom is -0.324 e. The number of carbonyl (C=O) groups excluding carboxylic acids is 1. The van der Waals surface area contributed by atoms with Crippen molar-refractivity contribution in [1.29, 1.82) is 5.26 Å². The SMILES string of the molecule is Cc1cc(-c2cnc(NC(=O)N3CCC(C#N)CC3)nc2-c2ccc(F)cc2)cc(Cl)n1. The van der Waals surface area contributed by atoms with Crippen molar-refractivity contribution >= 4 is 23.6 Å². The minimum absolute atomic E-state index is 0.0182. The molecule has 1 aliphatic heterocycles. The third kappa shape index (κ3) is 4.84. The number of pyridine rings is 1. The molecule has 7 nitrogen and oxygen atoms in total. The van der Waals surface area contributed by atoms with E-state index < -0.39 is 0 Å². The van der Waals surface area contributed by atoms with Crippen LogP contribution in [0.5, 0.6) is 0 Å². The Morgan fingerprint density at radius 1 is 1.19 bits per heavy atom. The Hall–Kier alpha value is -3.57. The fraction of sp³-hybridized carbons (Fsp3) is 0.261. The first-order valence-electron chi connectivity index (χ1n) is 10.2. The summed E-state index contributed by atoms with van der Waals surface area (Å²) in [7, 11) is 0. The molecule has 0 atom stereocenters. The van der Waals surface area contributed by atoms with Gasteiger partial charge < -0.3 is 4.90 Å². The number of anilines is 1. The lowest BCUT2D eigenvalue weighted by atomic mass is 9.99. The Bertz CT molecular complexity index is 1170. The van der Waals surface area contributed by atoms with Crippen molar-refractivity contribution in [1.82, 2.24) is 19.9 Å². The number of amides is 2. The zero-order valence-corrected chi connectivity index (χ0v) is 18.1. The zero-order valence-electron chi connectivity index (χ0n) is 17.3. The molecule has 32 heavy (non-hydrogen) atoms. The Morgan fingerprint density at radius 3 is 2.56 bits per heavy atom. The molecule has 0 radical (unpaired) electrons. The molecule has 2 aromatic heterocycles. The van der Waals surface area contributed by atoms with Crippen molar-refractivity contribution in [2.75, 3.05) is 18.4 Å². The van der Waals surface area contributed by atoms with E-state index in [2.05, 4.69) is 26.3 Å². The number of nitriles is 1. The summed E-state index contributed by atoms with van der Waals surface area (Å²) in [6, 6.07) is 11.4. The summed E-state index contributed by atoms with van der Waals surface area (Å²) in [5, 5.41) is 12.1. The summed E-state index contributed by atoms with van der Waals surface area (Å²) in [5.74, 6) is -0.242. The van der Waals surface area contributed by atoms with Gasteiger partial charge in [0.1, 0.15) is 11.0 Å². The molecule has 0 saturated carbocycles. The zero-order chi connectivity index (χ0) is 22.7. The lowest BCUT2D eigenvalue weighted by Gasteiger charge is -2.28. The lowest BCUT2D eigenvalue weighted by molar-refractivity contribution is 0.192. The van der Waals surface area contributed by atoms with Crippen LogP contribution in [0.1, 0.15) is 18.5 Å². The number of hydrogen-bond donors (Lipinski definition) is 1. The highest BCUT2D eigenvalue weighted by Crippen LogP contribution is 2.32. The number of aromatic nitrogens is 3. The quantitative estimate of drug-likeness (QED) is 0.562. The molecule has 0 aliphatic carbocycles. The maximum absolute atomic E-state index is 13.5. The number of halogens is 2. The average molecular weight is 451 g/mol. The molecule has 1 aliphatic rings. The molecule has 2 amide bonds. The van der Waals surface area contributed by atoms with Crippen LogP contribution in [0.4, 0.5) is 15.1 Å². The molecule has 4 rings (SSSR count). The van der Waals surface area contributed by atoms with Gasteiger partial charge in [0.15, 0.2) is 0 Å². The molecule has 0 spiro atoms. The lowest BCUT2D eigenvalue weighted by Crippen LogP contribution is -2.41. The van der Waals surface area contributed by atoms with Gasteiger partial charge in [-0.2, -0.15) is 5.26 Å². The Labute approximate surface area is 189 Å². The van der Waals surface area contributed by atoms with Crippen LogP contribution in [0.15, 0.2) is 42.6 Å². The van der Waals surface area contributed by atoms with Crippen molar-refractivity contribution in [3.63, 3.8) is 0 Å². The van der Waals surface area contributed by atoms with Crippen LogP contribution in [0, 0.1) is 30.0 Å². The predicted octanol–water partition coefficient (Wildman–Crippen LogP) is 5.07. The van der Waals surface area contributed by atoms with Gasteiger partial charge in [-0.1, -0.05) is 11.6 Å². The van der Waals surface area contributed by atoms with E-state index in [1.54, 1.807) is 29.3 Å². The van der Waals surface area contributed by atoms with Crippen LogP contribution in [0.2, 0.25) is 5.15 Å². The van der Waals surface area contributed by atoms with Crippen molar-refractivity contribution in [2.24, 2.45) is 5.92 Å². The summed E-state index contributed by atoms with van der Waals surface area (Å²) in [4.78, 5) is 27.4. The number of piperidine rings is 1. The van der Waals surface area contributed by atoms with E-state index >= 15 is 0 Å². The van der Waals surface area contributed by atoms with Crippen molar-refractivity contribution in [2.45, 2.75) is 19.8 Å². The molecule has 3 aromatic rings. The molecule has 1 saturated heterocycles. The van der Waals surface area contributed by atoms with E-state index in [0.29, 0.717) is 47.9 Å². The van der Waals surface area contributed by atoms with E-state index in [1.807, 2.05) is 13.0 Å². The van der Waals surface area contributed by atoms with Gasteiger partial charge in [0.25, 0.3) is 0 Å². The van der Waals surface area contributed by atoms with Crippen LogP contribution in [0.3, 0.4) is 0 Å². The second-order valence-corrected chi connectivity index (χ2v) is 7.99. The summed E-state index contributed by atoms with van der Waals surface area (Å²) >= 11 is 6.14. The molecule has 1 aromatic carbocycles. The number of rotatable bonds is 3. The standard InChI is InChI=1S/C23H20ClFN6O/c1-14-10-17(11-20(24)28-14)19-13-27-22(29-21(19)16-2-4-18(25)5-3-16)30-23(32)31-8-6-15(12-26)7-9-31/h2-5,10-11,13,15H,6-9H2,1H3,(H,27,29,30,32). The number of carbonyl (C=O) groups is 1. The van der Waals surface area contributed by atoms with Gasteiger partial charge in [-0.15, -0.1) is 0 Å². The fourth-order valence-corrected chi connectivity index (χ4v) is 3.90. The van der Waals surface area contributed by atoms with Gasteiger partial charge in [-0.25, -0.2) is 24.1 Å². The normalized spacial score (nSPS) is 14.1. The number of hydrogen-bond acceptors (Lipinski definition) is 5. The van der Waals surface area contributed by atoms with E-state index in [4.69, 9.17) is 16.9 Å². The van der Waals surface area contributed by atoms with Gasteiger partial charge in [-0.05, 0) is 61.7 Å². The Balaban J connectivity index is 1.67. The number of nitrogens with one attached hydrogen (secondary N) is 1. The smallest absolute Gasteiger partial charge is 0.324 e. The molecule has 0 unspecified atom stereocenters. The van der Waals surface area contributed by atoms with E-state index in [-0.39, 0.29) is 23.7 Å². The third-order valence-electron chi connectivity index (χ3n) is 5.32. The monoisotopic (exact) mass is 450 g/mol. The Morgan fingerprint density at radius 2 is 1.91 bits per heavy atom. The van der Waals surface area contributed by atoms with Gasteiger partial charge in [0, 0.05) is 42.0 Å². The van der Waals surface area contributed by atoms with Crippen molar-refractivity contribution < 1.29 is 9.18 Å². The number of likely N-dealkylation sites (tertiary alicyclic amines) is 1. The summed E-state index contributed by atoms with van der Waals surface area (Å²) in [6.45, 7) is 2.83. The summed E-state index contributed by atoms with van der Waals surface area (Å²) in [6.07, 6.45) is 2.90. The molecule has 0 bridgehead atoms. The number of nitrogens with zero attached hydrogens (tertiary/aromatic N) is 5. The second kappa shape index (κ2) is 9.28. The van der Waals surface area contributed by atoms with E-state index in [9.17, 15) is 9.18 Å². The topological polar surface area (TPSA) is 94.8 Å². The largest absolute Gasteiger partial charge is 0.324 e. The Kier molecular flexibility index (Phi) is 6.28. The molecule has 1 fully saturated rings. The first-order valence-corrected chi connectivity index (χ1v) is 10.5. The first kappa shape index (κ1) is 21.7. The van der Waals surface area contributed by atoms with E-state index in [1.165, 1.54) is 12.1 Å². The first-order chi connectivity index (χ1) is 15.4. The van der Waals surface area contributed by atoms with Gasteiger partial charge in [0.2, 0.25) is 5.95 Å². The molecule has 9 heteroatoms. The molecular weight excluding hydrogens is 431 g/mol. The van der Waals surface area contributed by atoms with Gasteiger partial charge >= 0.3 is 6.03 Å². The third-order valence-corrected chi connectivity index (χ3v) is 5.52. The highest BCUT2D eigenvalue weighted by molar-refractivity contribution is 6.29. The molecule has 3 heterocycles. The fourth-order valence-electron chi connectivity index (χ4n) is 3.65. The maximum atomic E-state index is 13.5. The van der Waals surface area contributed by atoms with Crippen LogP contribution in [-0.4, -0.2) is 39.0 Å². The van der Waals surface area contributed by atoms with Gasteiger partial charge in [-0.3, -0.25) is 5.32 Å². The average Bonchev–Trinajstić information content (AvgIpc) is 2.79. The minimum atomic E-state index is -0.360. The number of aryl methyl sites for hydroxylation is 1. The number of urea groups is 1. The molecule has 162 valence electrons. The highest BCUT2D eigenvalue weighted by Gasteiger charge is 2.23. The number of benzene rings is 1. The highest BCUT2D eigenvalue weighted by atomic mass is 35.5. The summed E-state index contributed by atoms with van der Waals surface area (Å²) in [5.41, 5.74) is 3.37.